The zero-order chi connectivity index (χ0) is 19.1. The molecular formula is C19H13Cl2FN4O. The highest BCUT2D eigenvalue weighted by Crippen LogP contribution is 2.27. The van der Waals surface area contributed by atoms with Crippen LogP contribution in [0.1, 0.15) is 11.4 Å². The zero-order valence-electron chi connectivity index (χ0n) is 14.2. The summed E-state index contributed by atoms with van der Waals surface area (Å²) < 4.78 is 16.4. The number of benzene rings is 2. The van der Waals surface area contributed by atoms with E-state index in [1.165, 1.54) is 35.2 Å². The van der Waals surface area contributed by atoms with Crippen LogP contribution in [-0.2, 0) is 13.5 Å². The first-order valence-corrected chi connectivity index (χ1v) is 8.83. The lowest BCUT2D eigenvalue weighted by Crippen LogP contribution is -2.24. The van der Waals surface area contributed by atoms with Gasteiger partial charge in [-0.1, -0.05) is 29.3 Å². The molecule has 136 valence electrons. The molecule has 0 amide bonds. The quantitative estimate of drug-likeness (QED) is 0.516. The molecule has 0 N–H and O–H groups in total. The Morgan fingerprint density at radius 1 is 1.07 bits per heavy atom. The van der Waals surface area contributed by atoms with Crippen LogP contribution in [0.15, 0.2) is 53.6 Å². The van der Waals surface area contributed by atoms with Crippen molar-refractivity contribution in [1.29, 1.82) is 0 Å². The Hall–Kier alpha value is -2.70. The fourth-order valence-electron chi connectivity index (χ4n) is 2.94. The Morgan fingerprint density at radius 3 is 2.41 bits per heavy atom. The third-order valence-corrected chi connectivity index (χ3v) is 4.99. The fourth-order valence-corrected chi connectivity index (χ4v) is 3.47. The molecule has 2 heterocycles. The van der Waals surface area contributed by atoms with Crippen molar-refractivity contribution in [3.8, 4) is 5.69 Å². The van der Waals surface area contributed by atoms with Crippen LogP contribution in [0.5, 0.6) is 0 Å². The number of nitrogens with zero attached hydrogens (tertiary/aromatic N) is 4. The van der Waals surface area contributed by atoms with Crippen LogP contribution in [0.3, 0.4) is 0 Å². The van der Waals surface area contributed by atoms with Crippen LogP contribution >= 0.6 is 23.2 Å². The van der Waals surface area contributed by atoms with Crippen LogP contribution in [0.2, 0.25) is 10.0 Å². The number of hydrogen-bond acceptors (Lipinski definition) is 3. The van der Waals surface area contributed by atoms with Gasteiger partial charge in [0.15, 0.2) is 11.2 Å². The van der Waals surface area contributed by atoms with Gasteiger partial charge in [0, 0.05) is 23.5 Å². The van der Waals surface area contributed by atoms with Crippen LogP contribution in [0.4, 0.5) is 4.39 Å². The van der Waals surface area contributed by atoms with Crippen molar-refractivity contribution in [2.24, 2.45) is 7.05 Å². The van der Waals surface area contributed by atoms with Crippen LogP contribution in [-0.4, -0.2) is 19.1 Å². The molecule has 0 spiro atoms. The van der Waals surface area contributed by atoms with E-state index >= 15 is 0 Å². The predicted molar refractivity (Wildman–Crippen MR) is 103 cm³/mol. The first kappa shape index (κ1) is 17.7. The molecule has 0 atom stereocenters. The van der Waals surface area contributed by atoms with E-state index in [9.17, 15) is 9.18 Å². The molecular weight excluding hydrogens is 390 g/mol. The van der Waals surface area contributed by atoms with Gasteiger partial charge in [-0.25, -0.2) is 14.4 Å². The van der Waals surface area contributed by atoms with E-state index in [-0.39, 0.29) is 17.5 Å². The minimum Gasteiger partial charge on any atom is -0.318 e. The summed E-state index contributed by atoms with van der Waals surface area (Å²) in [6.07, 6.45) is 1.76. The highest BCUT2D eigenvalue weighted by Gasteiger charge is 2.18. The lowest BCUT2D eigenvalue weighted by Gasteiger charge is -2.14. The first-order valence-electron chi connectivity index (χ1n) is 8.07. The van der Waals surface area contributed by atoms with Gasteiger partial charge in [-0.05, 0) is 42.0 Å². The predicted octanol–water partition coefficient (Wildman–Crippen LogP) is 4.16. The first-order chi connectivity index (χ1) is 13.0. The summed E-state index contributed by atoms with van der Waals surface area (Å²) in [6, 6.07) is 10.8. The lowest BCUT2D eigenvalue weighted by molar-refractivity contribution is 0.627. The Balaban J connectivity index is 2.00. The molecule has 27 heavy (non-hydrogen) atoms. The largest absolute Gasteiger partial charge is 0.318 e. The molecule has 5 nitrogen and oxygen atoms in total. The second-order valence-corrected chi connectivity index (χ2v) is 6.86. The molecule has 2 aromatic heterocycles. The van der Waals surface area contributed by atoms with E-state index in [1.54, 1.807) is 29.8 Å². The summed E-state index contributed by atoms with van der Waals surface area (Å²) in [4.78, 5) is 21.9. The van der Waals surface area contributed by atoms with Gasteiger partial charge >= 0.3 is 0 Å². The minimum atomic E-state index is -0.394. The number of hydrogen-bond donors (Lipinski definition) is 0. The maximum absolute atomic E-state index is 13.4. The topological polar surface area (TPSA) is 52.7 Å². The molecule has 0 bridgehead atoms. The molecule has 0 unspecified atom stereocenters. The van der Waals surface area contributed by atoms with E-state index in [0.717, 1.165) is 0 Å². The van der Waals surface area contributed by atoms with Crippen molar-refractivity contribution >= 4 is 34.4 Å². The van der Waals surface area contributed by atoms with E-state index in [0.29, 0.717) is 32.8 Å². The van der Waals surface area contributed by atoms with E-state index in [4.69, 9.17) is 23.2 Å². The molecule has 0 saturated carbocycles. The Kier molecular flexibility index (Phi) is 4.45. The standard InChI is InChI=1S/C19H13Cl2FN4O/c1-25-10-23-17-18(25)24-16(9-13-14(20)3-2-4-15(13)21)26(19(17)27)12-7-5-11(22)6-8-12/h2-8,10H,9H2,1H3. The van der Waals surface area contributed by atoms with Crippen molar-refractivity contribution in [2.75, 3.05) is 0 Å². The Labute approximate surface area is 163 Å². The van der Waals surface area contributed by atoms with E-state index in [2.05, 4.69) is 9.97 Å². The van der Waals surface area contributed by atoms with Crippen LogP contribution < -0.4 is 5.56 Å². The minimum absolute atomic E-state index is 0.228. The normalized spacial score (nSPS) is 11.3. The van der Waals surface area contributed by atoms with Crippen LogP contribution in [0.25, 0.3) is 16.9 Å². The maximum Gasteiger partial charge on any atom is 0.286 e. The molecule has 0 saturated heterocycles. The molecule has 8 heteroatoms. The van der Waals surface area contributed by atoms with E-state index in [1.807, 2.05) is 0 Å². The number of halogens is 3. The summed E-state index contributed by atoms with van der Waals surface area (Å²) in [5.74, 6) is 0.0343. The number of rotatable bonds is 3. The highest BCUT2D eigenvalue weighted by atomic mass is 35.5. The molecule has 0 aliphatic rings. The zero-order valence-corrected chi connectivity index (χ0v) is 15.7. The van der Waals surface area contributed by atoms with Crippen molar-refractivity contribution < 1.29 is 4.39 Å². The summed E-state index contributed by atoms with van der Waals surface area (Å²) in [6.45, 7) is 0. The Bertz CT molecular complexity index is 1190. The summed E-state index contributed by atoms with van der Waals surface area (Å²) >= 11 is 12.6. The monoisotopic (exact) mass is 402 g/mol. The fraction of sp³-hybridized carbons (Fsp3) is 0.105. The molecule has 4 aromatic rings. The average Bonchev–Trinajstić information content (AvgIpc) is 3.01. The van der Waals surface area contributed by atoms with Gasteiger partial charge in [0.05, 0.1) is 12.0 Å². The van der Waals surface area contributed by atoms with Crippen molar-refractivity contribution in [3.05, 3.63) is 86.4 Å². The van der Waals surface area contributed by atoms with E-state index < -0.39 is 5.82 Å². The third-order valence-electron chi connectivity index (χ3n) is 4.29. The second kappa shape index (κ2) is 6.79. The SMILES string of the molecule is Cn1cnc2c(=O)n(-c3ccc(F)cc3)c(Cc3c(Cl)cccc3Cl)nc21. The molecule has 0 aliphatic carbocycles. The molecule has 4 rings (SSSR count). The molecule has 0 radical (unpaired) electrons. The summed E-state index contributed by atoms with van der Waals surface area (Å²) in [5.41, 5.74) is 1.49. The Morgan fingerprint density at radius 2 is 1.74 bits per heavy atom. The van der Waals surface area contributed by atoms with Crippen molar-refractivity contribution in [3.63, 3.8) is 0 Å². The summed E-state index contributed by atoms with van der Waals surface area (Å²) in [7, 11) is 1.76. The smallest absolute Gasteiger partial charge is 0.286 e. The van der Waals surface area contributed by atoms with Crippen molar-refractivity contribution in [1.82, 2.24) is 19.1 Å². The number of aromatic nitrogens is 4. The maximum atomic E-state index is 13.4. The van der Waals surface area contributed by atoms with Gasteiger partial charge in [-0.3, -0.25) is 9.36 Å². The lowest BCUT2D eigenvalue weighted by atomic mass is 10.1. The molecule has 0 aliphatic heterocycles. The number of aryl methyl sites for hydroxylation is 1. The highest BCUT2D eigenvalue weighted by molar-refractivity contribution is 6.36. The molecule has 0 fully saturated rings. The van der Waals surface area contributed by atoms with Gasteiger partial charge in [0.2, 0.25) is 0 Å². The third kappa shape index (κ3) is 3.11. The van der Waals surface area contributed by atoms with Gasteiger partial charge in [0.1, 0.15) is 11.6 Å². The molecule has 2 aromatic carbocycles. The number of imidazole rings is 1. The number of fused-ring (bicyclic) bond motifs is 1. The van der Waals surface area contributed by atoms with Gasteiger partial charge in [-0.2, -0.15) is 0 Å². The second-order valence-electron chi connectivity index (χ2n) is 6.05. The van der Waals surface area contributed by atoms with Crippen molar-refractivity contribution in [2.45, 2.75) is 6.42 Å². The van der Waals surface area contributed by atoms with Gasteiger partial charge in [0.25, 0.3) is 5.56 Å². The van der Waals surface area contributed by atoms with Crippen LogP contribution in [0, 0.1) is 5.82 Å². The summed E-state index contributed by atoms with van der Waals surface area (Å²) in [5, 5.41) is 0.958. The van der Waals surface area contributed by atoms with Gasteiger partial charge in [-0.15, -0.1) is 0 Å². The average molecular weight is 403 g/mol. The van der Waals surface area contributed by atoms with Gasteiger partial charge < -0.3 is 4.57 Å².